The Morgan fingerprint density at radius 2 is 1.76 bits per heavy atom. The lowest BCUT2D eigenvalue weighted by Crippen LogP contribution is -2.61. The highest BCUT2D eigenvalue weighted by Crippen LogP contribution is 2.30. The summed E-state index contributed by atoms with van der Waals surface area (Å²) in [5.41, 5.74) is 0.137. The maximum atomic E-state index is 14.2. The summed E-state index contributed by atoms with van der Waals surface area (Å²) >= 11 is 1.49. The van der Waals surface area contributed by atoms with Gasteiger partial charge in [-0.25, -0.2) is 4.98 Å². The maximum absolute atomic E-state index is 14.2. The minimum Gasteiger partial charge on any atom is -0.396 e. The summed E-state index contributed by atoms with van der Waals surface area (Å²) in [5, 5.41) is 21.8. The van der Waals surface area contributed by atoms with E-state index in [0.29, 0.717) is 25.8 Å². The molecule has 4 N–H and O–H groups in total. The highest BCUT2D eigenvalue weighted by atomic mass is 32.1. The van der Waals surface area contributed by atoms with Crippen molar-refractivity contribution < 1.29 is 33.8 Å². The van der Waals surface area contributed by atoms with Crippen molar-refractivity contribution in [2.45, 2.75) is 116 Å². The first-order valence-corrected chi connectivity index (χ1v) is 20.0. The molecule has 14 heteroatoms. The number of nitrogens with zero attached hydrogens (tertiary/aromatic N) is 3. The number of likely N-dealkylation sites (N-methyl/N-ethyl adjacent to an activating group) is 2. The van der Waals surface area contributed by atoms with Gasteiger partial charge in [0.2, 0.25) is 23.6 Å². The van der Waals surface area contributed by atoms with Crippen molar-refractivity contribution in [2.24, 2.45) is 17.8 Å². The fraction of sp³-hybridized carbons (Fsp3) is 0.675. The predicted molar refractivity (Wildman–Crippen MR) is 211 cm³/mol. The first-order valence-electron chi connectivity index (χ1n) is 19.1. The van der Waals surface area contributed by atoms with Gasteiger partial charge in [0.15, 0.2) is 0 Å². The largest absolute Gasteiger partial charge is 0.396 e. The van der Waals surface area contributed by atoms with E-state index in [9.17, 15) is 24.3 Å². The van der Waals surface area contributed by atoms with Gasteiger partial charge in [-0.05, 0) is 51.6 Å². The van der Waals surface area contributed by atoms with Crippen LogP contribution in [-0.2, 0) is 35.1 Å². The van der Waals surface area contributed by atoms with Crippen molar-refractivity contribution in [2.75, 3.05) is 41.5 Å². The number of aliphatic hydroxyl groups is 1. The van der Waals surface area contributed by atoms with Crippen molar-refractivity contribution in [1.29, 1.82) is 0 Å². The number of rotatable bonds is 21. The normalized spacial score (nSPS) is 19.2. The van der Waals surface area contributed by atoms with Gasteiger partial charge in [0.05, 0.1) is 48.2 Å². The van der Waals surface area contributed by atoms with E-state index in [-0.39, 0.29) is 54.7 Å². The van der Waals surface area contributed by atoms with Gasteiger partial charge >= 0.3 is 0 Å². The molecular weight excluding hydrogens is 709 g/mol. The summed E-state index contributed by atoms with van der Waals surface area (Å²) in [5.74, 6) is -2.29. The monoisotopic (exact) mass is 772 g/mol. The van der Waals surface area contributed by atoms with Crippen LogP contribution in [0.2, 0.25) is 0 Å². The molecule has 1 aromatic heterocycles. The summed E-state index contributed by atoms with van der Waals surface area (Å²) in [6.07, 6.45) is 3.22. The van der Waals surface area contributed by atoms with Gasteiger partial charge in [0, 0.05) is 51.9 Å². The van der Waals surface area contributed by atoms with Crippen LogP contribution in [0.3, 0.4) is 0 Å². The average molecular weight is 773 g/mol. The fourth-order valence-electron chi connectivity index (χ4n) is 7.27. The van der Waals surface area contributed by atoms with E-state index in [4.69, 9.17) is 9.47 Å². The number of amides is 4. The van der Waals surface area contributed by atoms with Crippen LogP contribution in [0, 0.1) is 17.8 Å². The van der Waals surface area contributed by atoms with E-state index < -0.39 is 41.7 Å². The number of aliphatic hydroxyl groups excluding tert-OH is 1. The minimum absolute atomic E-state index is 0.000793. The van der Waals surface area contributed by atoms with E-state index in [1.165, 1.54) is 18.4 Å². The van der Waals surface area contributed by atoms with Crippen molar-refractivity contribution >= 4 is 35.0 Å². The Balaban J connectivity index is 1.80. The first-order chi connectivity index (χ1) is 25.6. The number of hydrogen-bond donors (Lipinski definition) is 4. The molecule has 1 aliphatic heterocycles. The van der Waals surface area contributed by atoms with Gasteiger partial charge < -0.3 is 40.3 Å². The topological polar surface area (TPSA) is 162 Å². The zero-order valence-corrected chi connectivity index (χ0v) is 34.7. The van der Waals surface area contributed by atoms with Crippen LogP contribution >= 0.6 is 11.3 Å². The van der Waals surface area contributed by atoms with E-state index >= 15 is 0 Å². The zero-order valence-electron chi connectivity index (χ0n) is 33.8. The highest BCUT2D eigenvalue weighted by Gasteiger charge is 2.43. The van der Waals surface area contributed by atoms with Crippen LogP contribution in [0.1, 0.15) is 83.8 Å². The Hall–Kier alpha value is -3.43. The Kier molecular flexibility index (Phi) is 17.5. The van der Waals surface area contributed by atoms with Crippen LogP contribution in [0.4, 0.5) is 0 Å². The molecule has 3 rings (SSSR count). The Bertz CT molecular complexity index is 1480. The van der Waals surface area contributed by atoms with E-state index in [1.54, 1.807) is 58.0 Å². The summed E-state index contributed by atoms with van der Waals surface area (Å²) in [6, 6.07) is 7.79. The number of thiazole rings is 1. The van der Waals surface area contributed by atoms with Crippen LogP contribution in [-0.4, -0.2) is 121 Å². The van der Waals surface area contributed by atoms with Crippen LogP contribution in [0.5, 0.6) is 0 Å². The third-order valence-electron chi connectivity index (χ3n) is 11.2. The summed E-state index contributed by atoms with van der Waals surface area (Å²) in [4.78, 5) is 63.3. The molecule has 0 spiro atoms. The van der Waals surface area contributed by atoms with Gasteiger partial charge in [-0.2, -0.15) is 0 Å². The average Bonchev–Trinajstić information content (AvgIpc) is 3.90. The number of carbonyl (C=O) groups excluding carboxylic acids is 4. The molecule has 0 saturated carbocycles. The van der Waals surface area contributed by atoms with Crippen LogP contribution in [0.15, 0.2) is 41.9 Å². The molecule has 0 radical (unpaired) electrons. The molecular formula is C40H64N6O7S. The number of benzene rings is 1. The second kappa shape index (κ2) is 21.0. The number of likely N-dealkylation sites (tertiary alicyclic amines) is 1. The van der Waals surface area contributed by atoms with Gasteiger partial charge in [0.1, 0.15) is 11.0 Å². The van der Waals surface area contributed by atoms with Crippen molar-refractivity contribution in [3.63, 3.8) is 0 Å². The molecule has 1 fully saturated rings. The number of ether oxygens (including phenoxy) is 2. The highest BCUT2D eigenvalue weighted by molar-refractivity contribution is 7.09. The number of hydrogen-bond acceptors (Lipinski definition) is 10. The third kappa shape index (κ3) is 11.3. The predicted octanol–water partition coefficient (Wildman–Crippen LogP) is 3.57. The van der Waals surface area contributed by atoms with Crippen molar-refractivity contribution in [1.82, 2.24) is 30.7 Å². The van der Waals surface area contributed by atoms with E-state index in [2.05, 4.69) is 20.9 Å². The lowest BCUT2D eigenvalue weighted by molar-refractivity contribution is -0.148. The second-order valence-electron chi connectivity index (χ2n) is 15.2. The molecule has 0 aliphatic carbocycles. The SMILES string of the molecule is CC[C@H](C)[C@@H]([C@@H](CC(=O)N1CCC[C@H]1[C@H](OC)[C@@H](C)C(=O)N[C@@H](Cc1ccccc1)c1nccs1)OC)N(C)C(=O)[C@@H](NC(=O)C(C)(C)NC)C(C)CO. The van der Waals surface area contributed by atoms with E-state index in [0.717, 1.165) is 17.0 Å². The zero-order chi connectivity index (χ0) is 40.2. The second-order valence-corrected chi connectivity index (χ2v) is 16.1. The Labute approximate surface area is 325 Å². The third-order valence-corrected chi connectivity index (χ3v) is 12.1. The number of methoxy groups -OCH3 is 2. The molecule has 1 unspecified atom stereocenters. The molecule has 2 aromatic rings. The van der Waals surface area contributed by atoms with Crippen molar-refractivity contribution in [3.8, 4) is 0 Å². The number of carbonyl (C=O) groups is 4. The lowest BCUT2D eigenvalue weighted by Gasteiger charge is -2.41. The van der Waals surface area contributed by atoms with Gasteiger partial charge in [-0.3, -0.25) is 19.2 Å². The Morgan fingerprint density at radius 3 is 2.31 bits per heavy atom. The lowest BCUT2D eigenvalue weighted by atomic mass is 9.89. The Morgan fingerprint density at radius 1 is 1.07 bits per heavy atom. The van der Waals surface area contributed by atoms with Gasteiger partial charge in [0.25, 0.3) is 0 Å². The summed E-state index contributed by atoms with van der Waals surface area (Å²) in [6.45, 7) is 11.2. The quantitative estimate of drug-likeness (QED) is 0.149. The minimum atomic E-state index is -0.999. The van der Waals surface area contributed by atoms with Gasteiger partial charge in [-0.15, -0.1) is 11.3 Å². The molecule has 1 saturated heterocycles. The molecule has 4 amide bonds. The maximum Gasteiger partial charge on any atom is 0.245 e. The molecule has 9 atom stereocenters. The molecule has 13 nitrogen and oxygen atoms in total. The fourth-order valence-corrected chi connectivity index (χ4v) is 7.96. The summed E-state index contributed by atoms with van der Waals surface area (Å²) < 4.78 is 12.0. The van der Waals surface area contributed by atoms with Crippen LogP contribution in [0.25, 0.3) is 0 Å². The molecule has 1 aliphatic rings. The molecule has 0 bridgehead atoms. The van der Waals surface area contributed by atoms with Crippen LogP contribution < -0.4 is 16.0 Å². The molecule has 2 heterocycles. The smallest absolute Gasteiger partial charge is 0.245 e. The first kappa shape index (κ1) is 45.0. The standard InChI is InChI=1S/C40H64N6O7S/c1-11-25(2)34(45(8)38(50)33(26(3)24-47)44-39(51)40(5,6)41-7)31(52-9)23-32(48)46-20-15-18-30(46)35(53-10)27(4)36(49)43-29(37-42-19-21-54-37)22-28-16-13-12-14-17-28/h12-14,16-17,19,21,25-27,29-31,33-35,41,47H,11,15,18,20,22-24H2,1-10H3,(H,43,49)(H,44,51)/t25-,26?,27+,29-,30-,31+,33-,34-,35+/m0/s1. The van der Waals surface area contributed by atoms with Gasteiger partial charge in [-0.1, -0.05) is 64.4 Å². The summed E-state index contributed by atoms with van der Waals surface area (Å²) in [7, 11) is 6.45. The van der Waals surface area contributed by atoms with E-state index in [1.807, 2.05) is 56.5 Å². The number of nitrogens with one attached hydrogen (secondary N) is 3. The molecule has 302 valence electrons. The van der Waals surface area contributed by atoms with Crippen molar-refractivity contribution in [3.05, 3.63) is 52.5 Å². The molecule has 54 heavy (non-hydrogen) atoms. The number of aromatic nitrogens is 1. The molecule has 1 aromatic carbocycles.